The number of nitrogens with two attached hydrogens (primary N) is 1. The molecule has 0 radical (unpaired) electrons. The van der Waals surface area contributed by atoms with Gasteiger partial charge < -0.3 is 19.6 Å². The van der Waals surface area contributed by atoms with Crippen molar-refractivity contribution in [3.63, 3.8) is 0 Å². The molecule has 1 aliphatic heterocycles. The van der Waals surface area contributed by atoms with Crippen LogP contribution in [0.3, 0.4) is 0 Å². The summed E-state index contributed by atoms with van der Waals surface area (Å²) in [5.41, 5.74) is 5.64. The van der Waals surface area contributed by atoms with Gasteiger partial charge in [-0.3, -0.25) is 0 Å². The lowest BCUT2D eigenvalue weighted by atomic mass is 10.2. The monoisotopic (exact) mass is 311 g/mol. The molecule has 2 N–H and O–H groups in total. The molecule has 0 bridgehead atoms. The molecule has 6 nitrogen and oxygen atoms in total. The second-order valence-electron chi connectivity index (χ2n) is 6.87. The summed E-state index contributed by atoms with van der Waals surface area (Å²) in [6, 6.07) is 1.90. The standard InChI is InChI=1S/C14H25N3O3Si/c1-14(2,3)21(4,5)20-11-9-18-8-10(11)19-13-16-7-6-12(15)17-13/h6-7,10-11H,8-9H2,1-5H3,(H2,15,16,17). The summed E-state index contributed by atoms with van der Waals surface area (Å²) in [7, 11) is -1.87. The van der Waals surface area contributed by atoms with Crippen molar-refractivity contribution < 1.29 is 13.9 Å². The third kappa shape index (κ3) is 3.93. The minimum Gasteiger partial charge on any atom is -0.455 e. The van der Waals surface area contributed by atoms with Crippen molar-refractivity contribution >= 4 is 14.1 Å². The molecule has 0 aromatic carbocycles. The molecule has 1 aromatic rings. The highest BCUT2D eigenvalue weighted by atomic mass is 28.4. The van der Waals surface area contributed by atoms with E-state index in [9.17, 15) is 0 Å². The zero-order valence-electron chi connectivity index (χ0n) is 13.4. The van der Waals surface area contributed by atoms with E-state index in [1.165, 1.54) is 0 Å². The summed E-state index contributed by atoms with van der Waals surface area (Å²) in [6.07, 6.45) is 1.30. The summed E-state index contributed by atoms with van der Waals surface area (Å²) in [4.78, 5) is 8.13. The Morgan fingerprint density at radius 1 is 1.29 bits per heavy atom. The number of hydrogen-bond acceptors (Lipinski definition) is 6. The second kappa shape index (κ2) is 5.90. The average molecular weight is 311 g/mol. The fourth-order valence-corrected chi connectivity index (χ4v) is 3.17. The Hall–Kier alpha value is -1.18. The lowest BCUT2D eigenvalue weighted by Crippen LogP contribution is -2.48. The smallest absolute Gasteiger partial charge is 0.318 e. The Bertz CT molecular complexity index is 491. The summed E-state index contributed by atoms with van der Waals surface area (Å²) in [5, 5.41) is 0.147. The fourth-order valence-electron chi connectivity index (χ4n) is 1.84. The van der Waals surface area contributed by atoms with Gasteiger partial charge in [-0.2, -0.15) is 4.98 Å². The molecule has 118 valence electrons. The molecule has 0 amide bonds. The number of nitrogens with zero attached hydrogens (tertiary/aromatic N) is 2. The van der Waals surface area contributed by atoms with Crippen LogP contribution in [0.15, 0.2) is 12.3 Å². The number of rotatable bonds is 4. The van der Waals surface area contributed by atoms with Gasteiger partial charge in [0.05, 0.1) is 13.2 Å². The largest absolute Gasteiger partial charge is 0.455 e. The van der Waals surface area contributed by atoms with Crippen molar-refractivity contribution in [2.24, 2.45) is 0 Å². The van der Waals surface area contributed by atoms with Crippen LogP contribution in [0, 0.1) is 0 Å². The molecule has 1 saturated heterocycles. The predicted molar refractivity (Wildman–Crippen MR) is 83.7 cm³/mol. The zero-order chi connectivity index (χ0) is 15.7. The van der Waals surface area contributed by atoms with Gasteiger partial charge in [0.25, 0.3) is 0 Å². The second-order valence-corrected chi connectivity index (χ2v) is 11.6. The molecule has 2 atom stereocenters. The quantitative estimate of drug-likeness (QED) is 0.859. The minimum atomic E-state index is -1.87. The van der Waals surface area contributed by atoms with Crippen molar-refractivity contribution in [2.75, 3.05) is 18.9 Å². The molecule has 0 saturated carbocycles. The van der Waals surface area contributed by atoms with Gasteiger partial charge in [0.2, 0.25) is 0 Å². The van der Waals surface area contributed by atoms with E-state index in [1.54, 1.807) is 12.3 Å². The average Bonchev–Trinajstić information content (AvgIpc) is 2.74. The van der Waals surface area contributed by atoms with E-state index in [1.807, 2.05) is 0 Å². The van der Waals surface area contributed by atoms with E-state index >= 15 is 0 Å². The first-order valence-corrected chi connectivity index (χ1v) is 10.1. The van der Waals surface area contributed by atoms with Crippen LogP contribution in [0.25, 0.3) is 0 Å². The molecule has 2 heterocycles. The Morgan fingerprint density at radius 3 is 2.57 bits per heavy atom. The maximum Gasteiger partial charge on any atom is 0.318 e. The number of aromatic nitrogens is 2. The van der Waals surface area contributed by atoms with Gasteiger partial charge in [-0.15, -0.1) is 0 Å². The highest BCUT2D eigenvalue weighted by molar-refractivity contribution is 6.74. The van der Waals surface area contributed by atoms with Gasteiger partial charge in [0.1, 0.15) is 11.9 Å². The summed E-state index contributed by atoms with van der Waals surface area (Å²) in [6.45, 7) is 12.1. The SMILES string of the molecule is CC(C)(C)[Si](C)(C)OC1COCC1Oc1nccc(N)n1. The predicted octanol–water partition coefficient (Wildman–Crippen LogP) is 2.23. The maximum atomic E-state index is 6.38. The van der Waals surface area contributed by atoms with Crippen molar-refractivity contribution in [2.45, 2.75) is 51.1 Å². The van der Waals surface area contributed by atoms with Crippen LogP contribution in [-0.4, -0.2) is 43.7 Å². The van der Waals surface area contributed by atoms with E-state index in [0.717, 1.165) is 0 Å². The van der Waals surface area contributed by atoms with Crippen LogP contribution in [0.4, 0.5) is 5.82 Å². The highest BCUT2D eigenvalue weighted by Crippen LogP contribution is 2.38. The summed E-state index contributed by atoms with van der Waals surface area (Å²) < 4.78 is 17.7. The minimum absolute atomic E-state index is 0.0871. The lowest BCUT2D eigenvalue weighted by Gasteiger charge is -2.39. The molecular formula is C14H25N3O3Si. The third-order valence-electron chi connectivity index (χ3n) is 4.14. The summed E-state index contributed by atoms with van der Waals surface area (Å²) in [5.74, 6) is 0.390. The molecule has 0 spiro atoms. The van der Waals surface area contributed by atoms with Gasteiger partial charge in [-0.05, 0) is 24.2 Å². The Morgan fingerprint density at radius 2 is 1.95 bits per heavy atom. The van der Waals surface area contributed by atoms with Crippen molar-refractivity contribution in [3.8, 4) is 6.01 Å². The third-order valence-corrected chi connectivity index (χ3v) is 8.65. The van der Waals surface area contributed by atoms with E-state index in [4.69, 9.17) is 19.6 Å². The first kappa shape index (κ1) is 16.2. The van der Waals surface area contributed by atoms with Gasteiger partial charge >= 0.3 is 6.01 Å². The van der Waals surface area contributed by atoms with Gasteiger partial charge in [-0.25, -0.2) is 4.98 Å². The van der Waals surface area contributed by atoms with Crippen LogP contribution in [-0.2, 0) is 9.16 Å². The van der Waals surface area contributed by atoms with Gasteiger partial charge in [-0.1, -0.05) is 20.8 Å². The van der Waals surface area contributed by atoms with E-state index in [2.05, 4.69) is 43.8 Å². The topological polar surface area (TPSA) is 79.5 Å². The van der Waals surface area contributed by atoms with E-state index < -0.39 is 8.32 Å². The first-order chi connectivity index (χ1) is 9.69. The normalized spacial score (nSPS) is 23.3. The summed E-state index contributed by atoms with van der Waals surface area (Å²) >= 11 is 0. The Balaban J connectivity index is 2.04. The van der Waals surface area contributed by atoms with E-state index in [-0.39, 0.29) is 23.3 Å². The Labute approximate surface area is 127 Å². The highest BCUT2D eigenvalue weighted by Gasteiger charge is 2.43. The molecular weight excluding hydrogens is 286 g/mol. The lowest BCUT2D eigenvalue weighted by molar-refractivity contribution is 0.0743. The van der Waals surface area contributed by atoms with Crippen LogP contribution in [0.2, 0.25) is 18.1 Å². The Kier molecular flexibility index (Phi) is 4.55. The number of ether oxygens (including phenoxy) is 2. The van der Waals surface area contributed by atoms with E-state index in [0.29, 0.717) is 19.0 Å². The van der Waals surface area contributed by atoms with Crippen LogP contribution in [0.5, 0.6) is 6.01 Å². The van der Waals surface area contributed by atoms with Crippen LogP contribution < -0.4 is 10.5 Å². The van der Waals surface area contributed by atoms with Crippen LogP contribution >= 0.6 is 0 Å². The van der Waals surface area contributed by atoms with Gasteiger partial charge in [0.15, 0.2) is 14.4 Å². The zero-order valence-corrected chi connectivity index (χ0v) is 14.4. The van der Waals surface area contributed by atoms with Gasteiger partial charge in [0, 0.05) is 6.20 Å². The molecule has 1 aromatic heterocycles. The molecule has 7 heteroatoms. The molecule has 21 heavy (non-hydrogen) atoms. The molecule has 2 rings (SSSR count). The van der Waals surface area contributed by atoms with Crippen molar-refractivity contribution in [1.29, 1.82) is 0 Å². The first-order valence-electron chi connectivity index (χ1n) is 7.20. The molecule has 0 aliphatic carbocycles. The fraction of sp³-hybridized carbons (Fsp3) is 0.714. The van der Waals surface area contributed by atoms with Crippen LogP contribution in [0.1, 0.15) is 20.8 Å². The maximum absolute atomic E-state index is 6.38. The van der Waals surface area contributed by atoms with Crippen molar-refractivity contribution in [3.05, 3.63) is 12.3 Å². The number of nitrogen functional groups attached to an aromatic ring is 1. The molecule has 1 aliphatic rings. The number of anilines is 1. The number of hydrogen-bond donors (Lipinski definition) is 1. The van der Waals surface area contributed by atoms with Crippen molar-refractivity contribution in [1.82, 2.24) is 9.97 Å². The molecule has 1 fully saturated rings. The molecule has 2 unspecified atom stereocenters.